The first-order chi connectivity index (χ1) is 10.1. The number of benzene rings is 1. The van der Waals surface area contributed by atoms with Gasteiger partial charge in [0.15, 0.2) is 12.4 Å². The number of ketones is 1. The number of amides is 1. The van der Waals surface area contributed by atoms with Crippen LogP contribution in [0.1, 0.15) is 27.8 Å². The molecular weight excluding hydrogens is 272 g/mol. The molecule has 1 heterocycles. The van der Waals surface area contributed by atoms with Crippen LogP contribution in [0.25, 0.3) is 0 Å². The molecule has 0 saturated heterocycles. The van der Waals surface area contributed by atoms with Gasteiger partial charge in [0.25, 0.3) is 5.91 Å². The number of hydrogen-bond donors (Lipinski definition) is 2. The number of hydrogen-bond acceptors (Lipinski definition) is 4. The highest BCUT2D eigenvalue weighted by atomic mass is 16.5. The number of rotatable bonds is 5. The lowest BCUT2D eigenvalue weighted by Crippen LogP contribution is -2.21. The lowest BCUT2D eigenvalue weighted by Gasteiger charge is -2.06. The second kappa shape index (κ2) is 6.51. The van der Waals surface area contributed by atoms with Gasteiger partial charge < -0.3 is 15.0 Å². The van der Waals surface area contributed by atoms with Crippen molar-refractivity contribution >= 4 is 23.3 Å². The molecule has 21 heavy (non-hydrogen) atoms. The van der Waals surface area contributed by atoms with Crippen molar-refractivity contribution in [3.05, 3.63) is 53.9 Å². The van der Waals surface area contributed by atoms with Crippen LogP contribution < -0.4 is 5.32 Å². The average Bonchev–Trinajstić information content (AvgIpc) is 2.99. The van der Waals surface area contributed by atoms with Crippen LogP contribution in [0.3, 0.4) is 0 Å². The average molecular weight is 286 g/mol. The quantitative estimate of drug-likeness (QED) is 0.650. The van der Waals surface area contributed by atoms with Crippen LogP contribution in [0.5, 0.6) is 0 Å². The van der Waals surface area contributed by atoms with Gasteiger partial charge in [0, 0.05) is 17.4 Å². The summed E-state index contributed by atoms with van der Waals surface area (Å²) in [7, 11) is 0. The summed E-state index contributed by atoms with van der Waals surface area (Å²) in [4.78, 5) is 37.0. The first-order valence-electron chi connectivity index (χ1n) is 6.27. The molecular formula is C15H14N2O4. The predicted molar refractivity (Wildman–Crippen MR) is 76.2 cm³/mol. The van der Waals surface area contributed by atoms with Gasteiger partial charge in [0.2, 0.25) is 0 Å². The summed E-state index contributed by atoms with van der Waals surface area (Å²) in [6, 6.07) is 9.67. The van der Waals surface area contributed by atoms with E-state index in [0.29, 0.717) is 11.3 Å². The lowest BCUT2D eigenvalue weighted by atomic mass is 10.1. The molecule has 0 saturated carbocycles. The zero-order valence-electron chi connectivity index (χ0n) is 11.4. The van der Waals surface area contributed by atoms with E-state index in [4.69, 9.17) is 4.74 Å². The van der Waals surface area contributed by atoms with Crippen LogP contribution in [0.2, 0.25) is 0 Å². The van der Waals surface area contributed by atoms with Crippen molar-refractivity contribution in [2.75, 3.05) is 11.9 Å². The number of aromatic nitrogens is 1. The number of Topliss-reactive ketones (excluding diaryl/α,β-unsaturated/α-hetero) is 1. The van der Waals surface area contributed by atoms with Crippen molar-refractivity contribution in [3.8, 4) is 0 Å². The van der Waals surface area contributed by atoms with E-state index in [1.54, 1.807) is 42.6 Å². The molecule has 0 aliphatic rings. The highest BCUT2D eigenvalue weighted by Crippen LogP contribution is 2.10. The van der Waals surface area contributed by atoms with Gasteiger partial charge in [0.05, 0.1) is 0 Å². The standard InChI is InChI=1S/C15H14N2O4/c1-10(18)11-4-6-12(7-5-11)17-14(19)9-21-15(20)13-3-2-8-16-13/h2-8,16H,9H2,1H3,(H,17,19). The summed E-state index contributed by atoms with van der Waals surface area (Å²) in [6.07, 6.45) is 1.59. The van der Waals surface area contributed by atoms with Gasteiger partial charge in [-0.15, -0.1) is 0 Å². The fraction of sp³-hybridized carbons (Fsp3) is 0.133. The van der Waals surface area contributed by atoms with E-state index in [9.17, 15) is 14.4 Å². The molecule has 108 valence electrons. The number of nitrogens with one attached hydrogen (secondary N) is 2. The fourth-order valence-corrected chi connectivity index (χ4v) is 1.65. The molecule has 0 spiro atoms. The van der Waals surface area contributed by atoms with Gasteiger partial charge in [-0.05, 0) is 43.3 Å². The molecule has 0 bridgehead atoms. The third-order valence-electron chi connectivity index (χ3n) is 2.73. The largest absolute Gasteiger partial charge is 0.451 e. The molecule has 2 aromatic rings. The third kappa shape index (κ3) is 4.04. The van der Waals surface area contributed by atoms with Crippen molar-refractivity contribution in [2.24, 2.45) is 0 Å². The smallest absolute Gasteiger partial charge is 0.355 e. The number of carbonyl (C=O) groups excluding carboxylic acids is 3. The van der Waals surface area contributed by atoms with Gasteiger partial charge in [-0.1, -0.05) is 0 Å². The molecule has 6 heteroatoms. The number of carbonyl (C=O) groups is 3. The maximum atomic E-state index is 11.6. The lowest BCUT2D eigenvalue weighted by molar-refractivity contribution is -0.119. The second-order valence-corrected chi connectivity index (χ2v) is 4.34. The van der Waals surface area contributed by atoms with Crippen LogP contribution in [0.4, 0.5) is 5.69 Å². The molecule has 1 aromatic carbocycles. The normalized spacial score (nSPS) is 9.95. The topological polar surface area (TPSA) is 88.3 Å². The minimum absolute atomic E-state index is 0.0484. The van der Waals surface area contributed by atoms with Crippen molar-refractivity contribution in [3.63, 3.8) is 0 Å². The Morgan fingerprint density at radius 3 is 2.43 bits per heavy atom. The van der Waals surface area contributed by atoms with E-state index >= 15 is 0 Å². The Labute approximate surface area is 121 Å². The number of anilines is 1. The molecule has 0 aliphatic carbocycles. The van der Waals surface area contributed by atoms with Crippen LogP contribution >= 0.6 is 0 Å². The Morgan fingerprint density at radius 1 is 1.14 bits per heavy atom. The first kappa shape index (κ1) is 14.5. The zero-order valence-corrected chi connectivity index (χ0v) is 11.4. The van der Waals surface area contributed by atoms with Crippen molar-refractivity contribution < 1.29 is 19.1 Å². The van der Waals surface area contributed by atoms with Gasteiger partial charge in [0.1, 0.15) is 5.69 Å². The summed E-state index contributed by atoms with van der Waals surface area (Å²) in [6.45, 7) is 1.08. The van der Waals surface area contributed by atoms with Crippen LogP contribution in [-0.2, 0) is 9.53 Å². The zero-order chi connectivity index (χ0) is 15.2. The Hall–Kier alpha value is -2.89. The van der Waals surface area contributed by atoms with Crippen molar-refractivity contribution in [1.29, 1.82) is 0 Å². The number of aromatic amines is 1. The molecule has 0 aliphatic heterocycles. The summed E-state index contributed by atoms with van der Waals surface area (Å²) in [5, 5.41) is 2.57. The van der Waals surface area contributed by atoms with E-state index in [1.165, 1.54) is 6.92 Å². The number of esters is 1. The summed E-state index contributed by atoms with van der Waals surface area (Å²) in [5.74, 6) is -1.10. The molecule has 1 amide bonds. The van der Waals surface area contributed by atoms with Gasteiger partial charge in [-0.3, -0.25) is 9.59 Å². The van der Waals surface area contributed by atoms with E-state index in [0.717, 1.165) is 0 Å². The third-order valence-corrected chi connectivity index (χ3v) is 2.73. The Morgan fingerprint density at radius 2 is 1.86 bits per heavy atom. The van der Waals surface area contributed by atoms with Crippen LogP contribution in [-0.4, -0.2) is 29.3 Å². The molecule has 0 radical (unpaired) electrons. The van der Waals surface area contributed by atoms with Crippen LogP contribution in [0.15, 0.2) is 42.6 Å². The van der Waals surface area contributed by atoms with Crippen LogP contribution in [0, 0.1) is 0 Å². The molecule has 0 fully saturated rings. The Balaban J connectivity index is 1.84. The monoisotopic (exact) mass is 286 g/mol. The minimum atomic E-state index is -0.595. The molecule has 0 atom stereocenters. The highest BCUT2D eigenvalue weighted by Gasteiger charge is 2.10. The fourth-order valence-electron chi connectivity index (χ4n) is 1.65. The first-order valence-corrected chi connectivity index (χ1v) is 6.27. The van der Waals surface area contributed by atoms with E-state index in [-0.39, 0.29) is 18.1 Å². The molecule has 2 rings (SSSR count). The Bertz CT molecular complexity index is 645. The maximum Gasteiger partial charge on any atom is 0.355 e. The molecule has 6 nitrogen and oxygen atoms in total. The van der Waals surface area contributed by atoms with E-state index in [2.05, 4.69) is 10.3 Å². The molecule has 1 aromatic heterocycles. The SMILES string of the molecule is CC(=O)c1ccc(NC(=O)COC(=O)c2ccc[nH]2)cc1. The molecule has 2 N–H and O–H groups in total. The predicted octanol–water partition coefficient (Wildman–Crippen LogP) is 2.01. The van der Waals surface area contributed by atoms with Crippen molar-refractivity contribution in [2.45, 2.75) is 6.92 Å². The van der Waals surface area contributed by atoms with E-state index < -0.39 is 11.9 Å². The number of ether oxygens (including phenoxy) is 1. The van der Waals surface area contributed by atoms with Gasteiger partial charge in [-0.2, -0.15) is 0 Å². The Kier molecular flexibility index (Phi) is 4.50. The summed E-state index contributed by atoms with van der Waals surface area (Å²) >= 11 is 0. The highest BCUT2D eigenvalue weighted by molar-refractivity contribution is 5.96. The molecule has 0 unspecified atom stereocenters. The minimum Gasteiger partial charge on any atom is -0.451 e. The van der Waals surface area contributed by atoms with E-state index in [1.807, 2.05) is 0 Å². The maximum absolute atomic E-state index is 11.6. The van der Waals surface area contributed by atoms with Gasteiger partial charge in [-0.25, -0.2) is 4.79 Å². The van der Waals surface area contributed by atoms with Crippen molar-refractivity contribution in [1.82, 2.24) is 4.98 Å². The summed E-state index contributed by atoms with van der Waals surface area (Å²) in [5.41, 5.74) is 1.38. The second-order valence-electron chi connectivity index (χ2n) is 4.34. The number of H-pyrrole nitrogens is 1. The summed E-state index contributed by atoms with van der Waals surface area (Å²) < 4.78 is 4.85. The van der Waals surface area contributed by atoms with Gasteiger partial charge >= 0.3 is 5.97 Å².